The average Bonchev–Trinajstić information content (AvgIpc) is 2.51. The summed E-state index contributed by atoms with van der Waals surface area (Å²) in [5, 5.41) is 11.1. The van der Waals surface area contributed by atoms with E-state index in [4.69, 9.17) is 4.74 Å². The van der Waals surface area contributed by atoms with Gasteiger partial charge < -0.3 is 14.6 Å². The van der Waals surface area contributed by atoms with E-state index in [-0.39, 0.29) is 5.92 Å². The number of hydrogen-bond acceptors (Lipinski definition) is 3. The summed E-state index contributed by atoms with van der Waals surface area (Å²) in [5.74, 6) is 0.417. The highest BCUT2D eigenvalue weighted by atomic mass is 16.5. The first kappa shape index (κ1) is 14.1. The third-order valence-corrected chi connectivity index (χ3v) is 4.96. The second kappa shape index (κ2) is 5.15. The van der Waals surface area contributed by atoms with Crippen molar-refractivity contribution >= 4 is 6.29 Å². The van der Waals surface area contributed by atoms with Crippen molar-refractivity contribution in [3.8, 4) is 5.75 Å². The standard InChI is InChI=1S/C18H20O3/c1-12-5-4-9-18(14(12)11-19)10-8-13-6-3-7-15(21-2)16(13)17(18)20/h3-7,9,11,14,17,20H,8,10H2,1-2H3/t14?,17?,18-/m1/s1. The number of fused-ring (bicyclic) bond motifs is 1. The molecule has 0 heterocycles. The molecular formula is C18H20O3. The van der Waals surface area contributed by atoms with Crippen LogP contribution in [0.1, 0.15) is 30.6 Å². The Morgan fingerprint density at radius 1 is 1.43 bits per heavy atom. The topological polar surface area (TPSA) is 46.5 Å². The highest BCUT2D eigenvalue weighted by Gasteiger charge is 2.48. The molecule has 0 saturated carbocycles. The van der Waals surface area contributed by atoms with E-state index in [1.807, 2.05) is 43.4 Å². The normalized spacial score (nSPS) is 30.7. The van der Waals surface area contributed by atoms with Gasteiger partial charge in [0, 0.05) is 16.9 Å². The maximum Gasteiger partial charge on any atom is 0.128 e. The molecule has 2 aliphatic carbocycles. The van der Waals surface area contributed by atoms with Crippen LogP contribution >= 0.6 is 0 Å². The number of benzene rings is 1. The van der Waals surface area contributed by atoms with Crippen LogP contribution in [0.2, 0.25) is 0 Å². The van der Waals surface area contributed by atoms with Crippen molar-refractivity contribution in [3.05, 3.63) is 53.1 Å². The molecule has 3 nitrogen and oxygen atoms in total. The Hall–Kier alpha value is -1.87. The molecule has 0 amide bonds. The lowest BCUT2D eigenvalue weighted by Gasteiger charge is -2.46. The second-order valence-corrected chi connectivity index (χ2v) is 5.93. The fourth-order valence-corrected chi connectivity index (χ4v) is 3.80. The summed E-state index contributed by atoms with van der Waals surface area (Å²) in [6.45, 7) is 1.95. The Kier molecular flexibility index (Phi) is 3.46. The van der Waals surface area contributed by atoms with E-state index in [2.05, 4.69) is 0 Å². The smallest absolute Gasteiger partial charge is 0.128 e. The SMILES string of the molecule is COc1cccc2c1C(O)[C@]1(C=CC=C(C)C1C=O)CC2. The van der Waals surface area contributed by atoms with Gasteiger partial charge in [0.05, 0.1) is 13.2 Å². The van der Waals surface area contributed by atoms with Crippen molar-refractivity contribution in [2.75, 3.05) is 7.11 Å². The number of aliphatic hydroxyl groups excluding tert-OH is 1. The van der Waals surface area contributed by atoms with Crippen molar-refractivity contribution in [1.29, 1.82) is 0 Å². The summed E-state index contributed by atoms with van der Waals surface area (Å²) in [5.41, 5.74) is 2.39. The molecule has 3 rings (SSSR count). The van der Waals surface area contributed by atoms with Gasteiger partial charge in [-0.15, -0.1) is 0 Å². The van der Waals surface area contributed by atoms with Crippen molar-refractivity contribution in [1.82, 2.24) is 0 Å². The molecule has 3 atom stereocenters. The lowest BCUT2D eigenvalue weighted by atomic mass is 9.59. The number of allylic oxidation sites excluding steroid dienone is 3. The van der Waals surface area contributed by atoms with E-state index in [1.54, 1.807) is 7.11 Å². The maximum absolute atomic E-state index is 11.6. The van der Waals surface area contributed by atoms with Crippen molar-refractivity contribution in [3.63, 3.8) is 0 Å². The van der Waals surface area contributed by atoms with Gasteiger partial charge in [-0.05, 0) is 31.4 Å². The average molecular weight is 284 g/mol. The van der Waals surface area contributed by atoms with Crippen molar-refractivity contribution in [2.45, 2.75) is 25.9 Å². The number of aryl methyl sites for hydroxylation is 1. The van der Waals surface area contributed by atoms with Crippen LogP contribution in [-0.4, -0.2) is 18.5 Å². The number of hydrogen-bond donors (Lipinski definition) is 1. The largest absolute Gasteiger partial charge is 0.496 e. The molecule has 1 spiro atoms. The molecule has 1 aromatic carbocycles. The monoisotopic (exact) mass is 284 g/mol. The van der Waals surface area contributed by atoms with Crippen molar-refractivity contribution < 1.29 is 14.6 Å². The van der Waals surface area contributed by atoms with Gasteiger partial charge in [0.2, 0.25) is 0 Å². The molecule has 21 heavy (non-hydrogen) atoms. The summed E-state index contributed by atoms with van der Waals surface area (Å²) in [6, 6.07) is 5.84. The van der Waals surface area contributed by atoms with E-state index in [0.717, 1.165) is 35.8 Å². The first-order valence-corrected chi connectivity index (χ1v) is 7.29. The van der Waals surface area contributed by atoms with Crippen LogP contribution in [0.5, 0.6) is 5.75 Å². The molecule has 0 bridgehead atoms. The minimum atomic E-state index is -0.729. The van der Waals surface area contributed by atoms with E-state index < -0.39 is 11.5 Å². The Bertz CT molecular complexity index is 615. The Morgan fingerprint density at radius 3 is 2.95 bits per heavy atom. The zero-order valence-electron chi connectivity index (χ0n) is 12.4. The third-order valence-electron chi connectivity index (χ3n) is 4.96. The third kappa shape index (κ3) is 1.95. The minimum Gasteiger partial charge on any atom is -0.496 e. The van der Waals surface area contributed by atoms with E-state index in [1.165, 1.54) is 0 Å². The minimum absolute atomic E-state index is 0.282. The number of carbonyl (C=O) groups is 1. The predicted octanol–water partition coefficient (Wildman–Crippen LogP) is 2.99. The second-order valence-electron chi connectivity index (χ2n) is 5.93. The summed E-state index contributed by atoms with van der Waals surface area (Å²) >= 11 is 0. The van der Waals surface area contributed by atoms with Crippen LogP contribution in [-0.2, 0) is 11.2 Å². The fourth-order valence-electron chi connectivity index (χ4n) is 3.80. The summed E-state index contributed by atoms with van der Waals surface area (Å²) in [4.78, 5) is 11.6. The molecule has 0 radical (unpaired) electrons. The zero-order valence-corrected chi connectivity index (χ0v) is 12.4. The fraction of sp³-hybridized carbons (Fsp3) is 0.389. The number of ether oxygens (including phenoxy) is 1. The van der Waals surface area contributed by atoms with Crippen LogP contribution < -0.4 is 4.74 Å². The number of rotatable bonds is 2. The van der Waals surface area contributed by atoms with E-state index in [0.29, 0.717) is 5.75 Å². The van der Waals surface area contributed by atoms with Gasteiger partial charge in [0.1, 0.15) is 12.0 Å². The molecule has 0 saturated heterocycles. The van der Waals surface area contributed by atoms with E-state index in [9.17, 15) is 9.90 Å². The van der Waals surface area contributed by atoms with Gasteiger partial charge in [-0.1, -0.05) is 35.9 Å². The number of methoxy groups -OCH3 is 1. The van der Waals surface area contributed by atoms with Crippen LogP contribution in [0.3, 0.4) is 0 Å². The Morgan fingerprint density at radius 2 is 2.24 bits per heavy atom. The molecule has 1 aromatic rings. The van der Waals surface area contributed by atoms with Gasteiger partial charge >= 0.3 is 0 Å². The maximum atomic E-state index is 11.6. The van der Waals surface area contributed by atoms with Gasteiger partial charge in [-0.25, -0.2) is 0 Å². The number of aldehydes is 1. The highest BCUT2D eigenvalue weighted by Crippen LogP contribution is 2.54. The quantitative estimate of drug-likeness (QED) is 0.849. The van der Waals surface area contributed by atoms with Crippen LogP contribution in [0.4, 0.5) is 0 Å². The van der Waals surface area contributed by atoms with Crippen LogP contribution in [0, 0.1) is 11.3 Å². The molecule has 3 heteroatoms. The van der Waals surface area contributed by atoms with Gasteiger partial charge in [0.25, 0.3) is 0 Å². The highest BCUT2D eigenvalue weighted by molar-refractivity contribution is 5.64. The summed E-state index contributed by atoms with van der Waals surface area (Å²) < 4.78 is 5.43. The van der Waals surface area contributed by atoms with Crippen molar-refractivity contribution in [2.24, 2.45) is 11.3 Å². The first-order valence-electron chi connectivity index (χ1n) is 7.29. The van der Waals surface area contributed by atoms with Crippen LogP contribution in [0.25, 0.3) is 0 Å². The number of carbonyl (C=O) groups excluding carboxylic acids is 1. The van der Waals surface area contributed by atoms with Gasteiger partial charge in [-0.2, -0.15) is 0 Å². The Balaban J connectivity index is 2.14. The first-order chi connectivity index (χ1) is 10.1. The molecule has 2 aliphatic rings. The lowest BCUT2D eigenvalue weighted by Crippen LogP contribution is -2.41. The zero-order chi connectivity index (χ0) is 15.0. The molecule has 0 fully saturated rings. The summed E-state index contributed by atoms with van der Waals surface area (Å²) in [6.07, 6.45) is 7.75. The molecular weight excluding hydrogens is 264 g/mol. The number of aliphatic hydroxyl groups is 1. The molecule has 2 unspecified atom stereocenters. The lowest BCUT2D eigenvalue weighted by molar-refractivity contribution is -0.116. The molecule has 1 N–H and O–H groups in total. The van der Waals surface area contributed by atoms with Crippen LogP contribution in [0.15, 0.2) is 42.0 Å². The van der Waals surface area contributed by atoms with Gasteiger partial charge in [-0.3, -0.25) is 0 Å². The molecule has 110 valence electrons. The molecule has 0 aliphatic heterocycles. The molecule has 0 aromatic heterocycles. The van der Waals surface area contributed by atoms with Gasteiger partial charge in [0.15, 0.2) is 0 Å². The Labute approximate surface area is 124 Å². The summed E-state index contributed by atoms with van der Waals surface area (Å²) in [7, 11) is 1.61. The predicted molar refractivity (Wildman–Crippen MR) is 81.2 cm³/mol. The van der Waals surface area contributed by atoms with E-state index >= 15 is 0 Å².